The van der Waals surface area contributed by atoms with Crippen LogP contribution < -0.4 is 0 Å². The van der Waals surface area contributed by atoms with E-state index >= 15 is 0 Å². The second-order valence-corrected chi connectivity index (χ2v) is 5.03. The summed E-state index contributed by atoms with van der Waals surface area (Å²) >= 11 is 0. The third-order valence-electron chi connectivity index (χ3n) is 0.716. The van der Waals surface area contributed by atoms with Gasteiger partial charge in [0.2, 0.25) is 0 Å². The van der Waals surface area contributed by atoms with Crippen LogP contribution in [0, 0.1) is 0 Å². The molecular formula is C2HBClF3O2S2. The average molecular weight is 224 g/mol. The van der Waals surface area contributed by atoms with E-state index in [1.54, 1.807) is 0 Å². The summed E-state index contributed by atoms with van der Waals surface area (Å²) in [4.78, 5) is 0. The van der Waals surface area contributed by atoms with Gasteiger partial charge in [0.05, 0.1) is 4.48 Å². The van der Waals surface area contributed by atoms with Gasteiger partial charge in [0.15, 0.2) is 0 Å². The van der Waals surface area contributed by atoms with Gasteiger partial charge in [-0.3, -0.25) is 0 Å². The molecule has 64 valence electrons. The number of alkyl halides is 3. The molecule has 0 aromatic heterocycles. The maximum atomic E-state index is 11.5. The second kappa shape index (κ2) is 3.45. The Kier molecular flexibility index (Phi) is 3.58. The summed E-state index contributed by atoms with van der Waals surface area (Å²) in [6.07, 6.45) is 0. The molecular weight excluding hydrogens is 223 g/mol. The molecule has 0 aromatic carbocycles. The van der Waals surface area contributed by atoms with Gasteiger partial charge in [0.25, 0.3) is 9.84 Å². The lowest BCUT2D eigenvalue weighted by atomic mass is 10.2. The fourth-order valence-corrected chi connectivity index (χ4v) is 2.02. The highest BCUT2D eigenvalue weighted by atomic mass is 35.7. The molecule has 0 spiro atoms. The molecule has 9 heteroatoms. The Morgan fingerprint density at radius 1 is 1.45 bits per heavy atom. The Hall–Kier alpha value is 0.445. The van der Waals surface area contributed by atoms with Gasteiger partial charge in [-0.15, -0.1) is 0 Å². The Bertz CT molecular complexity index is 224. The highest BCUT2D eigenvalue weighted by Gasteiger charge is 2.48. The van der Waals surface area contributed by atoms with E-state index in [1.807, 2.05) is 0 Å². The van der Waals surface area contributed by atoms with Crippen molar-refractivity contribution in [2.24, 2.45) is 0 Å². The van der Waals surface area contributed by atoms with Crippen LogP contribution in [-0.2, 0) is 9.84 Å². The largest absolute Gasteiger partial charge is 0.497 e. The molecule has 2 radical (unpaired) electrons. The molecule has 2 nitrogen and oxygen atoms in total. The minimum atomic E-state index is -5.34. The fourth-order valence-electron chi connectivity index (χ4n) is 0.180. The second-order valence-electron chi connectivity index (χ2n) is 1.45. The van der Waals surface area contributed by atoms with E-state index in [4.69, 9.17) is 10.7 Å². The Morgan fingerprint density at radius 3 is 1.91 bits per heavy atom. The van der Waals surface area contributed by atoms with E-state index < -0.39 is 19.8 Å². The molecule has 0 amide bonds. The molecule has 0 aliphatic rings. The highest BCUT2D eigenvalue weighted by Crippen LogP contribution is 2.31. The van der Waals surface area contributed by atoms with Gasteiger partial charge in [-0.1, -0.05) is 0 Å². The summed E-state index contributed by atoms with van der Waals surface area (Å²) in [6.45, 7) is 0. The number of hydrogen-bond acceptors (Lipinski definition) is 3. The maximum absolute atomic E-state index is 11.5. The van der Waals surface area contributed by atoms with Crippen molar-refractivity contribution in [3.05, 3.63) is 0 Å². The van der Waals surface area contributed by atoms with E-state index in [-0.39, 0.29) is 11.0 Å². The number of halogens is 4. The Labute approximate surface area is 71.3 Å². The van der Waals surface area contributed by atoms with Crippen molar-refractivity contribution in [3.63, 3.8) is 0 Å². The van der Waals surface area contributed by atoms with Gasteiger partial charge < -0.3 is 0 Å². The molecule has 0 aromatic rings. The van der Waals surface area contributed by atoms with E-state index in [2.05, 4.69) is 7.85 Å². The number of hydrogen-bond donors (Lipinski definition) is 0. The smallest absolute Gasteiger partial charge is 0.219 e. The summed E-state index contributed by atoms with van der Waals surface area (Å²) in [5.41, 5.74) is -5.34. The van der Waals surface area contributed by atoms with Crippen molar-refractivity contribution in [1.82, 2.24) is 0 Å². The third-order valence-corrected chi connectivity index (χ3v) is 4.09. The van der Waals surface area contributed by atoms with Gasteiger partial charge in [-0.2, -0.15) is 13.2 Å². The van der Waals surface area contributed by atoms with Crippen LogP contribution >= 0.6 is 21.7 Å². The standard InChI is InChI=1S/C2HBClF3O2S2/c3-1(10-4)11(8,9)2(5,6)7/h1H. The molecule has 1 unspecified atom stereocenters. The zero-order chi connectivity index (χ0) is 9.28. The predicted octanol–water partition coefficient (Wildman–Crippen LogP) is 1.26. The van der Waals surface area contributed by atoms with Gasteiger partial charge in [0.1, 0.15) is 7.85 Å². The minimum absolute atomic E-state index is 0.0994. The molecule has 11 heavy (non-hydrogen) atoms. The zero-order valence-corrected chi connectivity index (χ0v) is 7.19. The van der Waals surface area contributed by atoms with Crippen molar-refractivity contribution in [3.8, 4) is 0 Å². The van der Waals surface area contributed by atoms with E-state index in [9.17, 15) is 21.6 Å². The molecule has 1 atom stereocenters. The summed E-state index contributed by atoms with van der Waals surface area (Å²) in [7, 11) is 3.90. The van der Waals surface area contributed by atoms with E-state index in [0.29, 0.717) is 0 Å². The average Bonchev–Trinajstić information content (AvgIpc) is 1.83. The number of rotatable bonds is 2. The first-order valence-electron chi connectivity index (χ1n) is 2.06. The van der Waals surface area contributed by atoms with Crippen molar-refractivity contribution in [2.45, 2.75) is 9.99 Å². The molecule has 0 bridgehead atoms. The molecule has 0 fully saturated rings. The van der Waals surface area contributed by atoms with Crippen molar-refractivity contribution in [2.75, 3.05) is 0 Å². The van der Waals surface area contributed by atoms with Crippen LogP contribution in [0.5, 0.6) is 0 Å². The molecule has 0 N–H and O–H groups in total. The Morgan fingerprint density at radius 2 is 1.82 bits per heavy atom. The summed E-state index contributed by atoms with van der Waals surface area (Å²) in [5, 5.41) is 0. The Balaban J connectivity index is 4.77. The molecule has 0 rings (SSSR count). The lowest BCUT2D eigenvalue weighted by Crippen LogP contribution is -2.31. The normalized spacial score (nSPS) is 16.4. The van der Waals surface area contributed by atoms with Crippen molar-refractivity contribution >= 4 is 39.3 Å². The van der Waals surface area contributed by atoms with Crippen LogP contribution in [0.15, 0.2) is 0 Å². The summed E-state index contributed by atoms with van der Waals surface area (Å²) in [5.74, 6) is 0. The first-order chi connectivity index (χ1) is 4.73. The molecule has 0 aliphatic carbocycles. The van der Waals surface area contributed by atoms with Crippen LogP contribution in [0.1, 0.15) is 0 Å². The topological polar surface area (TPSA) is 34.1 Å². The van der Waals surface area contributed by atoms with Gasteiger partial charge in [0, 0.05) is 0 Å². The molecule has 0 saturated heterocycles. The summed E-state index contributed by atoms with van der Waals surface area (Å²) < 4.78 is 52.9. The summed E-state index contributed by atoms with van der Waals surface area (Å²) in [6, 6.07) is 0. The van der Waals surface area contributed by atoms with E-state index in [1.165, 1.54) is 0 Å². The van der Waals surface area contributed by atoms with Gasteiger partial charge in [-0.05, 0) is 21.7 Å². The van der Waals surface area contributed by atoms with Crippen LogP contribution in [-0.4, -0.2) is 26.3 Å². The fraction of sp³-hybridized carbons (Fsp3) is 1.00. The van der Waals surface area contributed by atoms with Crippen LogP contribution in [0.2, 0.25) is 0 Å². The number of sulfone groups is 1. The van der Waals surface area contributed by atoms with Crippen LogP contribution in [0.4, 0.5) is 13.2 Å². The molecule has 0 saturated carbocycles. The van der Waals surface area contributed by atoms with Crippen LogP contribution in [0.25, 0.3) is 0 Å². The van der Waals surface area contributed by atoms with Crippen molar-refractivity contribution in [1.29, 1.82) is 0 Å². The first kappa shape index (κ1) is 11.4. The third kappa shape index (κ3) is 2.45. The maximum Gasteiger partial charge on any atom is 0.497 e. The predicted molar refractivity (Wildman–Crippen MR) is 38.0 cm³/mol. The quantitative estimate of drug-likeness (QED) is 0.662. The molecule has 0 heterocycles. The molecule has 0 aliphatic heterocycles. The van der Waals surface area contributed by atoms with Gasteiger partial charge >= 0.3 is 5.51 Å². The van der Waals surface area contributed by atoms with Gasteiger partial charge in [-0.25, -0.2) is 8.42 Å². The van der Waals surface area contributed by atoms with E-state index in [0.717, 1.165) is 0 Å². The van der Waals surface area contributed by atoms with Crippen molar-refractivity contribution < 1.29 is 21.6 Å². The monoisotopic (exact) mass is 224 g/mol. The SMILES string of the molecule is [B]C(SCl)S(=O)(=O)C(F)(F)F. The minimum Gasteiger partial charge on any atom is -0.219 e. The zero-order valence-electron chi connectivity index (χ0n) is 4.80. The first-order valence-corrected chi connectivity index (χ1v) is 5.32. The highest BCUT2D eigenvalue weighted by molar-refractivity contribution is 8.29. The lowest BCUT2D eigenvalue weighted by molar-refractivity contribution is -0.0433. The lowest BCUT2D eigenvalue weighted by Gasteiger charge is -2.11. The van der Waals surface area contributed by atoms with Crippen LogP contribution in [0.3, 0.4) is 0 Å².